The molecule has 5 rings (SSSR count). The predicted octanol–water partition coefficient (Wildman–Crippen LogP) is 3.82. The maximum atomic E-state index is 12.8. The van der Waals surface area contributed by atoms with E-state index in [4.69, 9.17) is 4.74 Å². The number of hydrogen-bond acceptors (Lipinski definition) is 7. The van der Waals surface area contributed by atoms with Crippen molar-refractivity contribution in [1.82, 2.24) is 14.6 Å². The van der Waals surface area contributed by atoms with Crippen molar-refractivity contribution in [3.8, 4) is 11.6 Å². The molecule has 0 bridgehead atoms. The monoisotopic (exact) mass is 453 g/mol. The highest BCUT2D eigenvalue weighted by molar-refractivity contribution is 6.02. The van der Waals surface area contributed by atoms with E-state index in [0.29, 0.717) is 22.2 Å². The van der Waals surface area contributed by atoms with Crippen LogP contribution in [-0.2, 0) is 0 Å². The summed E-state index contributed by atoms with van der Waals surface area (Å²) >= 11 is 0. The second kappa shape index (κ2) is 8.43. The van der Waals surface area contributed by atoms with Gasteiger partial charge in [-0.3, -0.25) is 14.9 Å². The van der Waals surface area contributed by atoms with E-state index in [1.807, 2.05) is 30.3 Å². The Kier molecular flexibility index (Phi) is 5.15. The third kappa shape index (κ3) is 3.79. The van der Waals surface area contributed by atoms with Crippen molar-refractivity contribution in [2.45, 2.75) is 0 Å². The van der Waals surface area contributed by atoms with Crippen molar-refractivity contribution >= 4 is 33.6 Å². The van der Waals surface area contributed by atoms with Gasteiger partial charge in [0, 0.05) is 17.7 Å². The molecule has 0 saturated carbocycles. The molecule has 166 valence electrons. The number of benzene rings is 3. The van der Waals surface area contributed by atoms with Crippen LogP contribution < -0.4 is 16.0 Å². The molecule has 0 aliphatic carbocycles. The molecule has 0 spiro atoms. The summed E-state index contributed by atoms with van der Waals surface area (Å²) in [7, 11) is 0. The van der Waals surface area contributed by atoms with Crippen molar-refractivity contribution in [2.24, 2.45) is 5.10 Å². The predicted molar refractivity (Wildman–Crippen MR) is 127 cm³/mol. The van der Waals surface area contributed by atoms with Crippen LogP contribution in [0.15, 0.2) is 93.7 Å². The largest absolute Gasteiger partial charge is 0.438 e. The van der Waals surface area contributed by atoms with E-state index in [1.165, 1.54) is 18.3 Å². The van der Waals surface area contributed by atoms with Gasteiger partial charge in [-0.25, -0.2) is 9.78 Å². The molecule has 0 fully saturated rings. The minimum absolute atomic E-state index is 0.135. The fourth-order valence-corrected chi connectivity index (χ4v) is 3.52. The van der Waals surface area contributed by atoms with E-state index in [0.717, 1.165) is 21.6 Å². The highest BCUT2D eigenvalue weighted by atomic mass is 16.6. The van der Waals surface area contributed by atoms with Gasteiger partial charge in [0.25, 0.3) is 11.2 Å². The van der Waals surface area contributed by atoms with Crippen LogP contribution in [0.1, 0.15) is 5.56 Å². The molecule has 0 aliphatic heterocycles. The molecular formula is C24H15N5O5. The number of H-pyrrole nitrogens is 1. The number of rotatable bonds is 5. The number of aromatic amines is 1. The molecule has 0 aliphatic rings. The van der Waals surface area contributed by atoms with Crippen molar-refractivity contribution in [3.63, 3.8) is 0 Å². The molecular weight excluding hydrogens is 438 g/mol. The molecule has 2 heterocycles. The average Bonchev–Trinajstić information content (AvgIpc) is 2.85. The van der Waals surface area contributed by atoms with Crippen LogP contribution in [0.4, 0.5) is 5.69 Å². The van der Waals surface area contributed by atoms with Gasteiger partial charge < -0.3 is 9.72 Å². The molecule has 0 radical (unpaired) electrons. The second-order valence-corrected chi connectivity index (χ2v) is 7.25. The Bertz CT molecular complexity index is 1700. The van der Waals surface area contributed by atoms with Gasteiger partial charge >= 0.3 is 5.69 Å². The molecule has 1 N–H and O–H groups in total. The minimum Gasteiger partial charge on any atom is -0.438 e. The first-order valence-corrected chi connectivity index (χ1v) is 10.1. The van der Waals surface area contributed by atoms with Crippen LogP contribution >= 0.6 is 0 Å². The van der Waals surface area contributed by atoms with Gasteiger partial charge in [0.15, 0.2) is 0 Å². The lowest BCUT2D eigenvalue weighted by Crippen LogP contribution is -2.32. The van der Waals surface area contributed by atoms with Gasteiger partial charge in [-0.05, 0) is 29.0 Å². The summed E-state index contributed by atoms with van der Waals surface area (Å²) in [5.74, 6) is 0.477. The zero-order chi connectivity index (χ0) is 23.7. The number of ether oxygens (including phenoxy) is 1. The summed E-state index contributed by atoms with van der Waals surface area (Å²) in [6.45, 7) is 0. The number of nitro groups is 1. The lowest BCUT2D eigenvalue weighted by atomic mass is 10.0. The van der Waals surface area contributed by atoms with E-state index in [9.17, 15) is 19.7 Å². The van der Waals surface area contributed by atoms with Crippen LogP contribution in [0, 0.1) is 10.1 Å². The molecule has 34 heavy (non-hydrogen) atoms. The van der Waals surface area contributed by atoms with Gasteiger partial charge in [0.1, 0.15) is 11.9 Å². The molecule has 3 aromatic carbocycles. The van der Waals surface area contributed by atoms with Crippen molar-refractivity contribution < 1.29 is 9.66 Å². The van der Waals surface area contributed by atoms with Crippen molar-refractivity contribution in [2.75, 3.05) is 0 Å². The molecule has 5 aromatic rings. The molecule has 2 aromatic heterocycles. The Hall–Kier alpha value is -5.12. The van der Waals surface area contributed by atoms with E-state index in [-0.39, 0.29) is 11.6 Å². The van der Waals surface area contributed by atoms with Crippen molar-refractivity contribution in [3.05, 3.63) is 116 Å². The summed E-state index contributed by atoms with van der Waals surface area (Å²) in [5, 5.41) is 17.0. The number of aromatic nitrogens is 3. The number of nitrogens with zero attached hydrogens (tertiary/aromatic N) is 4. The number of pyridine rings is 1. The normalized spacial score (nSPS) is 11.3. The number of fused-ring (bicyclic) bond motifs is 2. The number of hydrogen-bond donors (Lipinski definition) is 1. The Labute approximate surface area is 190 Å². The first-order chi connectivity index (χ1) is 16.5. The fraction of sp³-hybridized carbons (Fsp3) is 0. The number of para-hydroxylation sites is 1. The Morgan fingerprint density at radius 1 is 0.971 bits per heavy atom. The summed E-state index contributed by atoms with van der Waals surface area (Å²) < 4.78 is 6.62. The van der Waals surface area contributed by atoms with Crippen LogP contribution in [0.3, 0.4) is 0 Å². The lowest BCUT2D eigenvalue weighted by Gasteiger charge is -2.11. The standard InChI is InChI=1S/C24H15N5O5/c30-23-18-7-3-4-8-20(18)27-24(31)28(23)26-14-19-17-6-2-1-5-15(17)9-11-21(19)34-22-12-10-16(13-25-22)29(32)33/h1-14H,(H,27,31). The average molecular weight is 453 g/mol. The highest BCUT2D eigenvalue weighted by Gasteiger charge is 2.12. The maximum absolute atomic E-state index is 12.8. The first kappa shape index (κ1) is 20.8. The zero-order valence-electron chi connectivity index (χ0n) is 17.4. The summed E-state index contributed by atoms with van der Waals surface area (Å²) in [4.78, 5) is 42.3. The third-order valence-corrected chi connectivity index (χ3v) is 5.16. The van der Waals surface area contributed by atoms with Crippen LogP contribution in [-0.4, -0.2) is 25.8 Å². The zero-order valence-corrected chi connectivity index (χ0v) is 17.4. The van der Waals surface area contributed by atoms with Gasteiger partial charge in [0.05, 0.1) is 22.0 Å². The van der Waals surface area contributed by atoms with E-state index >= 15 is 0 Å². The highest BCUT2D eigenvalue weighted by Crippen LogP contribution is 2.30. The van der Waals surface area contributed by atoms with Gasteiger partial charge in [-0.1, -0.05) is 42.5 Å². The van der Waals surface area contributed by atoms with Gasteiger partial charge in [-0.2, -0.15) is 5.10 Å². The molecule has 10 nitrogen and oxygen atoms in total. The molecule has 0 amide bonds. The number of nitrogens with one attached hydrogen (secondary N) is 1. The van der Waals surface area contributed by atoms with E-state index in [2.05, 4.69) is 15.1 Å². The van der Waals surface area contributed by atoms with Gasteiger partial charge in [-0.15, -0.1) is 4.68 Å². The Balaban J connectivity index is 1.62. The SMILES string of the molecule is O=c1[nH]c2ccccc2c(=O)n1N=Cc1c(Oc2ccc([N+](=O)[O-])cn2)ccc2ccccc12. The van der Waals surface area contributed by atoms with E-state index < -0.39 is 16.2 Å². The first-order valence-electron chi connectivity index (χ1n) is 10.1. The molecule has 10 heteroatoms. The lowest BCUT2D eigenvalue weighted by molar-refractivity contribution is -0.385. The van der Waals surface area contributed by atoms with E-state index in [1.54, 1.807) is 30.3 Å². The fourth-order valence-electron chi connectivity index (χ4n) is 3.52. The van der Waals surface area contributed by atoms with Crippen LogP contribution in [0.25, 0.3) is 21.7 Å². The topological polar surface area (TPSA) is 132 Å². The second-order valence-electron chi connectivity index (χ2n) is 7.25. The molecule has 0 saturated heterocycles. The summed E-state index contributed by atoms with van der Waals surface area (Å²) in [6, 6.07) is 20.3. The Morgan fingerprint density at radius 2 is 1.74 bits per heavy atom. The van der Waals surface area contributed by atoms with Crippen LogP contribution in [0.5, 0.6) is 11.6 Å². The third-order valence-electron chi connectivity index (χ3n) is 5.16. The van der Waals surface area contributed by atoms with Crippen LogP contribution in [0.2, 0.25) is 0 Å². The van der Waals surface area contributed by atoms with Gasteiger partial charge in [0.2, 0.25) is 5.88 Å². The summed E-state index contributed by atoms with van der Waals surface area (Å²) in [6.07, 6.45) is 2.47. The smallest absolute Gasteiger partial charge is 0.349 e. The maximum Gasteiger partial charge on any atom is 0.349 e. The quantitative estimate of drug-likeness (QED) is 0.244. The van der Waals surface area contributed by atoms with Crippen molar-refractivity contribution in [1.29, 1.82) is 0 Å². The molecule has 0 unspecified atom stereocenters. The molecule has 0 atom stereocenters. The summed E-state index contributed by atoms with van der Waals surface area (Å²) in [5.41, 5.74) is -0.488. The minimum atomic E-state index is -0.681. The Morgan fingerprint density at radius 3 is 2.50 bits per heavy atom.